The van der Waals surface area contributed by atoms with Crippen LogP contribution in [-0.4, -0.2) is 38.1 Å². The molecule has 4 aliphatic carbocycles. The molecule has 7 atom stereocenters. The molecule has 4 aliphatic rings. The van der Waals surface area contributed by atoms with E-state index >= 15 is 0 Å². The molecule has 3 saturated carbocycles. The van der Waals surface area contributed by atoms with Gasteiger partial charge in [0.1, 0.15) is 0 Å². The first-order chi connectivity index (χ1) is 13.3. The molecule has 31 heavy (non-hydrogen) atoms. The van der Waals surface area contributed by atoms with Gasteiger partial charge in [0.15, 0.2) is 0 Å². The molecule has 166 valence electrons. The maximum absolute atomic E-state index is 11.2. The molecule has 0 bridgehead atoms. The molecule has 0 unspecified atom stereocenters. The van der Waals surface area contributed by atoms with Gasteiger partial charge in [0, 0.05) is 0 Å². The van der Waals surface area contributed by atoms with Crippen molar-refractivity contribution in [2.45, 2.75) is 77.4 Å². The van der Waals surface area contributed by atoms with Gasteiger partial charge in [-0.25, -0.2) is 16.8 Å². The molecule has 8 nitrogen and oxygen atoms in total. The van der Waals surface area contributed by atoms with Gasteiger partial charge in [-0.3, -0.25) is 8.37 Å². The molecule has 0 heterocycles. The Morgan fingerprint density at radius 1 is 0.903 bits per heavy atom. The summed E-state index contributed by atoms with van der Waals surface area (Å²) in [5.74, 6) is 1.08. The van der Waals surface area contributed by atoms with Crippen molar-refractivity contribution in [3.05, 3.63) is 11.6 Å². The van der Waals surface area contributed by atoms with Crippen molar-refractivity contribution in [3.63, 3.8) is 0 Å². The molecule has 0 saturated heterocycles. The van der Waals surface area contributed by atoms with E-state index in [1.54, 1.807) is 0 Å². The molecule has 3 fully saturated rings. The van der Waals surface area contributed by atoms with Crippen LogP contribution in [0, 0.1) is 28.6 Å². The van der Waals surface area contributed by atoms with Crippen molar-refractivity contribution in [2.75, 3.05) is 0 Å². The van der Waals surface area contributed by atoms with Crippen molar-refractivity contribution < 1.29 is 137 Å². The van der Waals surface area contributed by atoms with Crippen molar-refractivity contribution in [1.82, 2.24) is 0 Å². The Balaban J connectivity index is 0.00000171. The fraction of sp³-hybridized carbons (Fsp3) is 0.895. The average Bonchev–Trinajstić information content (AvgIpc) is 2.89. The predicted octanol–water partition coefficient (Wildman–Crippen LogP) is -3.35. The van der Waals surface area contributed by atoms with Crippen LogP contribution >= 0.6 is 0 Å². The summed E-state index contributed by atoms with van der Waals surface area (Å²) < 4.78 is 76.2. The molecular formula is C19H28K2O8S2. The van der Waals surface area contributed by atoms with Crippen LogP contribution in [0.2, 0.25) is 0 Å². The first-order valence-corrected chi connectivity index (χ1v) is 13.0. The van der Waals surface area contributed by atoms with Gasteiger partial charge in [-0.1, -0.05) is 25.5 Å². The number of allylic oxidation sites excluding steroid dienone is 1. The predicted molar refractivity (Wildman–Crippen MR) is 101 cm³/mol. The van der Waals surface area contributed by atoms with E-state index < -0.39 is 33.0 Å². The minimum Gasteiger partial charge on any atom is -0.726 e. The minimum atomic E-state index is -4.73. The van der Waals surface area contributed by atoms with Crippen molar-refractivity contribution in [3.8, 4) is 0 Å². The zero-order valence-corrected chi connectivity index (χ0v) is 26.6. The Morgan fingerprint density at radius 3 is 2.16 bits per heavy atom. The van der Waals surface area contributed by atoms with Gasteiger partial charge in [0.25, 0.3) is 0 Å². The molecule has 0 aromatic carbocycles. The number of rotatable bonds is 4. The Kier molecular flexibility index (Phi) is 10.3. The first kappa shape index (κ1) is 30.0. The maximum atomic E-state index is 11.2. The van der Waals surface area contributed by atoms with Gasteiger partial charge in [0.2, 0.25) is 20.8 Å². The summed E-state index contributed by atoms with van der Waals surface area (Å²) in [7, 11) is -9.44. The first-order valence-electron chi connectivity index (χ1n) is 10.3. The Hall–Kier alpha value is 2.75. The molecule has 0 aliphatic heterocycles. The topological polar surface area (TPSA) is 133 Å². The number of fused-ring (bicyclic) bond motifs is 5. The van der Waals surface area contributed by atoms with Gasteiger partial charge in [-0.05, 0) is 80.0 Å². The quantitative estimate of drug-likeness (QED) is 0.161. The van der Waals surface area contributed by atoms with Crippen LogP contribution < -0.4 is 103 Å². The molecule has 0 aromatic rings. The minimum absolute atomic E-state index is 0. The van der Waals surface area contributed by atoms with E-state index in [4.69, 9.17) is 8.37 Å². The standard InChI is InChI=1S/C19H30O8S2.2K/c1-18-9-7-13(26-28(20,21)22)11-12(18)3-4-14-15-5-6-17(27-29(23,24)25)19(15,2)10-8-16(14)18;;/h3,13-17H,4-11H2,1-2H3,(H,20,21,22)(H,23,24,25);;/q;2*+1/p-2/t13-,14-,15-,16-,17+,18-,19-;;/m0../s1. The van der Waals surface area contributed by atoms with Crippen LogP contribution in [0.1, 0.15) is 65.2 Å². The summed E-state index contributed by atoms with van der Waals surface area (Å²) in [5, 5.41) is 0. The molecule has 0 spiro atoms. The molecule has 0 N–H and O–H groups in total. The molecule has 0 amide bonds. The van der Waals surface area contributed by atoms with E-state index in [1.807, 2.05) is 0 Å². The summed E-state index contributed by atoms with van der Waals surface area (Å²) in [4.78, 5) is 0. The monoisotopic (exact) mass is 526 g/mol. The second kappa shape index (κ2) is 10.6. The van der Waals surface area contributed by atoms with Crippen molar-refractivity contribution in [1.29, 1.82) is 0 Å². The van der Waals surface area contributed by atoms with E-state index in [-0.39, 0.29) is 114 Å². The van der Waals surface area contributed by atoms with Gasteiger partial charge in [-0.15, -0.1) is 0 Å². The van der Waals surface area contributed by atoms with Gasteiger partial charge >= 0.3 is 103 Å². The zero-order valence-electron chi connectivity index (χ0n) is 18.7. The molecule has 12 heteroatoms. The SMILES string of the molecule is C[C@]12CC[C@H]3[C@@H](CC=C4C[C@@H](OS(=O)(=O)[O-])CC[C@@]43C)[C@@H]1CC[C@H]2OS(=O)(=O)[O-].[K+].[K+]. The Labute approximate surface area is 270 Å². The molecule has 4 rings (SSSR count). The van der Waals surface area contributed by atoms with E-state index in [0.29, 0.717) is 37.0 Å². The van der Waals surface area contributed by atoms with E-state index in [0.717, 1.165) is 32.1 Å². The number of hydrogen-bond acceptors (Lipinski definition) is 8. The van der Waals surface area contributed by atoms with Crippen molar-refractivity contribution >= 4 is 20.8 Å². The Bertz CT molecular complexity index is 921. The molecule has 0 radical (unpaired) electrons. The second-order valence-corrected chi connectivity index (χ2v) is 11.8. The van der Waals surface area contributed by atoms with Gasteiger partial charge < -0.3 is 9.11 Å². The largest absolute Gasteiger partial charge is 1.00 e. The van der Waals surface area contributed by atoms with Crippen LogP contribution in [0.25, 0.3) is 0 Å². The smallest absolute Gasteiger partial charge is 0.726 e. The average molecular weight is 527 g/mol. The van der Waals surface area contributed by atoms with Gasteiger partial charge in [-0.2, -0.15) is 0 Å². The van der Waals surface area contributed by atoms with Gasteiger partial charge in [0.05, 0.1) is 12.2 Å². The third kappa shape index (κ3) is 6.19. The van der Waals surface area contributed by atoms with Crippen LogP contribution in [0.3, 0.4) is 0 Å². The molecule has 0 aromatic heterocycles. The van der Waals surface area contributed by atoms with Crippen LogP contribution in [0.4, 0.5) is 0 Å². The van der Waals surface area contributed by atoms with E-state index in [1.165, 1.54) is 5.57 Å². The fourth-order valence-corrected chi connectivity index (χ4v) is 8.23. The zero-order chi connectivity index (χ0) is 21.2. The summed E-state index contributed by atoms with van der Waals surface area (Å²) in [6, 6.07) is 0. The summed E-state index contributed by atoms with van der Waals surface area (Å²) in [5.41, 5.74) is 0.785. The maximum Gasteiger partial charge on any atom is 1.00 e. The Morgan fingerprint density at radius 2 is 1.55 bits per heavy atom. The van der Waals surface area contributed by atoms with Crippen LogP contribution in [0.5, 0.6) is 0 Å². The number of hydrogen-bond donors (Lipinski definition) is 0. The van der Waals surface area contributed by atoms with Crippen LogP contribution in [-0.2, 0) is 29.2 Å². The third-order valence-corrected chi connectivity index (χ3v) is 9.44. The van der Waals surface area contributed by atoms with E-state index in [2.05, 4.69) is 19.9 Å². The third-order valence-electron chi connectivity index (χ3n) is 8.46. The summed E-state index contributed by atoms with van der Waals surface area (Å²) >= 11 is 0. The normalized spacial score (nSPS) is 42.2. The fourth-order valence-electron chi connectivity index (χ4n) is 7.13. The molecular weight excluding hydrogens is 499 g/mol. The summed E-state index contributed by atoms with van der Waals surface area (Å²) in [6.45, 7) is 4.29. The summed E-state index contributed by atoms with van der Waals surface area (Å²) in [6.07, 6.45) is 6.76. The van der Waals surface area contributed by atoms with Crippen LogP contribution in [0.15, 0.2) is 11.6 Å². The second-order valence-electron chi connectivity index (χ2n) is 9.74. The van der Waals surface area contributed by atoms with Crippen molar-refractivity contribution in [2.24, 2.45) is 28.6 Å². The van der Waals surface area contributed by atoms with E-state index in [9.17, 15) is 25.9 Å².